The topological polar surface area (TPSA) is 296 Å². The average Bonchev–Trinajstić information content (AvgIpc) is 1.75. The van der Waals surface area contributed by atoms with Crippen molar-refractivity contribution in [1.29, 1.82) is 0 Å². The summed E-state index contributed by atoms with van der Waals surface area (Å²) in [6.45, 7) is 39.5. The molecule has 0 bridgehead atoms. The molecule has 6 rings (SSSR count). The standard InChI is InChI=1S/C22H42N2O2.C21H40N2O2.C20H38N2O2.C19H36N2O2.C18H34N2O2.C17H32N2O2/c1-3-5-7-8-9-10-11-12-13-15-17-24-19-20(18-21(24)25)22(26)23-16-14-6-4-2;1-3-5-7-8-9-10-11-12-14-16-23-18-19(17-20(23)24)21(25)22-15-13-6-4-2;1-3-5-7-8-9-10-11-13-15-22-17-18(16-19(22)23)20(24)21-14-12-6-4-2;1-3-5-7-8-9-10-12-14-21-16-17(15-18(21)22)19(23)20-13-11-6-4-2;1-3-5-7-8-9-11-13-20-15-16(14-17(20)21)18(22)19-12-10-6-4-2;1-3-5-7-8-10-12-19-14-15(13-16(19)20)17(21)18-11-9-6-4-2/h20H,3-19H2,1-2H3,(H,23,26);19H,3-18H2,1-2H3,(H,22,25);18H,3-17H2,1-2H3,(H,21,24);17H,3-16H2,1-2H3,(H,20,23);16H,3-15H2,1-2H3,(H,19,22);15H,3-14H2,1-2H3,(H,18,21). The van der Waals surface area contributed by atoms with E-state index in [9.17, 15) is 57.5 Å². The highest BCUT2D eigenvalue weighted by Crippen LogP contribution is 2.27. The molecule has 0 spiro atoms. The van der Waals surface area contributed by atoms with Crippen LogP contribution in [0.4, 0.5) is 0 Å². The Bertz CT molecular complexity index is 3140. The van der Waals surface area contributed by atoms with E-state index in [1.54, 1.807) is 0 Å². The van der Waals surface area contributed by atoms with Gasteiger partial charge in [0, 0.05) is 156 Å². The van der Waals surface area contributed by atoms with Crippen LogP contribution in [0.15, 0.2) is 0 Å². The van der Waals surface area contributed by atoms with Crippen LogP contribution in [0.5, 0.6) is 0 Å². The van der Waals surface area contributed by atoms with Gasteiger partial charge in [-0.3, -0.25) is 57.5 Å². The number of nitrogens with one attached hydrogen (secondary N) is 6. The molecule has 0 aromatic carbocycles. The number of carbonyl (C=O) groups excluding carboxylic acids is 12. The summed E-state index contributed by atoms with van der Waals surface area (Å²) >= 11 is 0. The van der Waals surface area contributed by atoms with Crippen molar-refractivity contribution in [2.45, 2.75) is 526 Å². The van der Waals surface area contributed by atoms with Gasteiger partial charge in [0.1, 0.15) is 0 Å². The zero-order valence-corrected chi connectivity index (χ0v) is 93.6. The summed E-state index contributed by atoms with van der Waals surface area (Å²) in [5.41, 5.74) is 0. The minimum Gasteiger partial charge on any atom is -0.356 e. The van der Waals surface area contributed by atoms with E-state index in [0.717, 1.165) is 233 Å². The fraction of sp³-hybridized carbons (Fsp3) is 0.897. The number of carbonyl (C=O) groups is 12. The zero-order chi connectivity index (χ0) is 104. The third-order valence-electron chi connectivity index (χ3n) is 28.9. The van der Waals surface area contributed by atoms with Gasteiger partial charge < -0.3 is 61.3 Å². The molecule has 0 saturated carbocycles. The van der Waals surface area contributed by atoms with Gasteiger partial charge in [-0.1, -0.05) is 411 Å². The van der Waals surface area contributed by atoms with E-state index in [4.69, 9.17) is 0 Å². The molecule has 24 heteroatoms. The van der Waals surface area contributed by atoms with Crippen LogP contribution >= 0.6 is 0 Å². The van der Waals surface area contributed by atoms with Crippen LogP contribution in [0.2, 0.25) is 0 Å². The normalized spacial score (nSPS) is 17.6. The Morgan fingerprint density at radius 1 is 0.163 bits per heavy atom. The van der Waals surface area contributed by atoms with E-state index in [-0.39, 0.29) is 106 Å². The van der Waals surface area contributed by atoms with E-state index in [1.807, 2.05) is 29.4 Å². The maximum absolute atomic E-state index is 12.2. The van der Waals surface area contributed by atoms with Gasteiger partial charge in [-0.05, 0) is 77.0 Å². The van der Waals surface area contributed by atoms with Crippen molar-refractivity contribution in [1.82, 2.24) is 61.3 Å². The largest absolute Gasteiger partial charge is 0.356 e. The molecule has 6 fully saturated rings. The summed E-state index contributed by atoms with van der Waals surface area (Å²) in [5, 5.41) is 17.9. The molecule has 6 aliphatic heterocycles. The first-order chi connectivity index (χ1) is 68.6. The van der Waals surface area contributed by atoms with Crippen LogP contribution < -0.4 is 31.9 Å². The molecule has 6 atom stereocenters. The van der Waals surface area contributed by atoms with Gasteiger partial charge in [0.25, 0.3) is 0 Å². The molecule has 6 aliphatic rings. The first kappa shape index (κ1) is 133. The quantitative estimate of drug-likeness (QED) is 0.0310. The van der Waals surface area contributed by atoms with Gasteiger partial charge in [0.15, 0.2) is 0 Å². The summed E-state index contributed by atoms with van der Waals surface area (Å²) in [6, 6.07) is 0. The van der Waals surface area contributed by atoms with Gasteiger partial charge in [0.2, 0.25) is 70.9 Å². The van der Waals surface area contributed by atoms with E-state index in [0.29, 0.717) is 77.8 Å². The lowest BCUT2D eigenvalue weighted by molar-refractivity contribution is -0.129. The molecule has 12 amide bonds. The lowest BCUT2D eigenvalue weighted by Gasteiger charge is -2.16. The van der Waals surface area contributed by atoms with Crippen molar-refractivity contribution in [2.24, 2.45) is 35.5 Å². The van der Waals surface area contributed by atoms with Gasteiger partial charge in [-0.25, -0.2) is 0 Å². The highest BCUT2D eigenvalue weighted by atomic mass is 16.2. The Kier molecular flexibility index (Phi) is 87.9. The number of likely N-dealkylation sites (tertiary alicyclic amines) is 6. The van der Waals surface area contributed by atoms with Crippen LogP contribution in [0.3, 0.4) is 0 Å². The fourth-order valence-corrected chi connectivity index (χ4v) is 19.5. The molecule has 0 aromatic heterocycles. The molecule has 6 unspecified atom stereocenters. The van der Waals surface area contributed by atoms with Crippen molar-refractivity contribution in [3.63, 3.8) is 0 Å². The predicted octanol–water partition coefficient (Wildman–Crippen LogP) is 24.5. The molecule has 6 heterocycles. The maximum Gasteiger partial charge on any atom is 0.225 e. The lowest BCUT2D eigenvalue weighted by Crippen LogP contribution is -2.33. The molecule has 24 nitrogen and oxygen atoms in total. The molecule has 822 valence electrons. The van der Waals surface area contributed by atoms with Gasteiger partial charge >= 0.3 is 0 Å². The van der Waals surface area contributed by atoms with Crippen LogP contribution in [0.25, 0.3) is 0 Å². The van der Waals surface area contributed by atoms with Gasteiger partial charge in [-0.15, -0.1) is 0 Å². The molecule has 0 aliphatic carbocycles. The zero-order valence-electron chi connectivity index (χ0n) is 93.6. The smallest absolute Gasteiger partial charge is 0.225 e. The molecular formula is C117H222N12O12. The summed E-state index contributed by atoms with van der Waals surface area (Å²) in [4.78, 5) is 156. The molecule has 141 heavy (non-hydrogen) atoms. The first-order valence-electron chi connectivity index (χ1n) is 59.9. The average molecular weight is 1990 g/mol. The molecule has 0 aromatic rings. The summed E-state index contributed by atoms with van der Waals surface area (Å²) in [7, 11) is 0. The summed E-state index contributed by atoms with van der Waals surface area (Å²) in [5.74, 6) is 0.558. The molecular weight excluding hydrogens is 1770 g/mol. The van der Waals surface area contributed by atoms with Crippen molar-refractivity contribution in [3.05, 3.63) is 0 Å². The van der Waals surface area contributed by atoms with E-state index >= 15 is 0 Å². The third-order valence-corrected chi connectivity index (χ3v) is 28.9. The fourth-order valence-electron chi connectivity index (χ4n) is 19.5. The minimum absolute atomic E-state index is 0.0629. The minimum atomic E-state index is -0.132. The Morgan fingerprint density at radius 3 is 0.376 bits per heavy atom. The van der Waals surface area contributed by atoms with E-state index in [2.05, 4.69) is 115 Å². The second-order valence-electron chi connectivity index (χ2n) is 42.2. The van der Waals surface area contributed by atoms with Gasteiger partial charge in [0.05, 0.1) is 35.5 Å². The Hall–Kier alpha value is -6.36. The summed E-state index contributed by atoms with van der Waals surface area (Å²) in [6.07, 6.45) is 79.5. The van der Waals surface area contributed by atoms with Crippen LogP contribution in [0, 0.1) is 35.5 Å². The van der Waals surface area contributed by atoms with Crippen LogP contribution in [-0.4, -0.2) is 218 Å². The Labute approximate surface area is 864 Å². The number of hydrogen-bond acceptors (Lipinski definition) is 12. The van der Waals surface area contributed by atoms with E-state index < -0.39 is 0 Å². The van der Waals surface area contributed by atoms with Crippen molar-refractivity contribution in [3.8, 4) is 0 Å². The molecule has 6 saturated heterocycles. The van der Waals surface area contributed by atoms with Crippen molar-refractivity contribution < 1.29 is 57.5 Å². The third kappa shape index (κ3) is 69.4. The summed E-state index contributed by atoms with van der Waals surface area (Å²) < 4.78 is 0. The first-order valence-corrected chi connectivity index (χ1v) is 59.9. The van der Waals surface area contributed by atoms with Crippen LogP contribution in [0.1, 0.15) is 526 Å². The number of hydrogen-bond donors (Lipinski definition) is 6. The number of amides is 12. The number of rotatable bonds is 81. The second-order valence-corrected chi connectivity index (χ2v) is 42.2. The van der Waals surface area contributed by atoms with Crippen molar-refractivity contribution >= 4 is 70.9 Å². The molecule has 0 radical (unpaired) electrons. The number of unbranched alkanes of at least 4 members (excludes halogenated alkanes) is 51. The Balaban J connectivity index is 0.000000847. The van der Waals surface area contributed by atoms with Crippen molar-refractivity contribution in [2.75, 3.05) is 118 Å². The van der Waals surface area contributed by atoms with E-state index in [1.165, 1.54) is 250 Å². The number of nitrogens with zero attached hydrogens (tertiary/aromatic N) is 6. The lowest BCUT2D eigenvalue weighted by atomic mass is 10.1. The second kappa shape index (κ2) is 93.4. The monoisotopic (exact) mass is 1990 g/mol. The van der Waals surface area contributed by atoms with Crippen LogP contribution in [-0.2, 0) is 57.5 Å². The Morgan fingerprint density at radius 2 is 0.262 bits per heavy atom. The molecule has 6 N–H and O–H groups in total. The predicted molar refractivity (Wildman–Crippen MR) is 585 cm³/mol. The van der Waals surface area contributed by atoms with Gasteiger partial charge in [-0.2, -0.15) is 0 Å². The highest BCUT2D eigenvalue weighted by Gasteiger charge is 2.39. The maximum atomic E-state index is 12.2. The SMILES string of the molecule is CCCCCCCCCCCCN1CC(C(=O)NCCCCC)CC1=O.CCCCCCCCCCCN1CC(C(=O)NCCCCC)CC1=O.CCCCCCCCCCN1CC(C(=O)NCCCCC)CC1=O.CCCCCCCCCN1CC(C(=O)NCCCCC)CC1=O.CCCCCCCCN1CC(C(=O)NCCCCC)CC1=O.CCCCCCCN1CC(C(=O)NCCCCC)CC1=O. The highest BCUT2D eigenvalue weighted by molar-refractivity contribution is 5.92.